The predicted octanol–water partition coefficient (Wildman–Crippen LogP) is 3.19. The highest BCUT2D eigenvalue weighted by Gasteiger charge is 2.06. The zero-order valence-electron chi connectivity index (χ0n) is 15.8. The summed E-state index contributed by atoms with van der Waals surface area (Å²) < 4.78 is 0. The number of nitrogens with zero attached hydrogens (tertiary/aromatic N) is 3. The average molecular weight is 360 g/mol. The highest BCUT2D eigenvalue weighted by atomic mass is 32.1. The number of aromatic nitrogens is 1. The topological polar surface area (TPSA) is 52.6 Å². The third-order valence-electron chi connectivity index (χ3n) is 3.74. The van der Waals surface area contributed by atoms with Gasteiger partial charge < -0.3 is 15.5 Å². The smallest absolute Gasteiger partial charge is 0.191 e. The Morgan fingerprint density at radius 2 is 1.92 bits per heavy atom. The van der Waals surface area contributed by atoms with Crippen LogP contribution in [0.5, 0.6) is 0 Å². The summed E-state index contributed by atoms with van der Waals surface area (Å²) in [6.45, 7) is 6.71. The van der Waals surface area contributed by atoms with E-state index in [0.717, 1.165) is 29.8 Å². The van der Waals surface area contributed by atoms with Gasteiger partial charge in [-0.2, -0.15) is 0 Å². The van der Waals surface area contributed by atoms with Crippen LogP contribution in [0, 0.1) is 0 Å². The van der Waals surface area contributed by atoms with Crippen molar-refractivity contribution in [3.63, 3.8) is 0 Å². The van der Waals surface area contributed by atoms with Gasteiger partial charge in [-0.15, -0.1) is 11.3 Å². The number of thiazole rings is 1. The van der Waals surface area contributed by atoms with Gasteiger partial charge >= 0.3 is 0 Å². The summed E-state index contributed by atoms with van der Waals surface area (Å²) in [6.07, 6.45) is 0. The molecule has 2 rings (SSSR count). The van der Waals surface area contributed by atoms with Gasteiger partial charge in [0.1, 0.15) is 5.01 Å². The summed E-state index contributed by atoms with van der Waals surface area (Å²) in [5.41, 5.74) is 3.72. The van der Waals surface area contributed by atoms with E-state index in [-0.39, 0.29) is 0 Å². The van der Waals surface area contributed by atoms with Crippen LogP contribution in [-0.2, 0) is 19.6 Å². The van der Waals surface area contributed by atoms with Crippen LogP contribution in [0.15, 0.2) is 34.6 Å². The fourth-order valence-corrected chi connectivity index (χ4v) is 3.34. The third-order valence-corrected chi connectivity index (χ3v) is 4.61. The summed E-state index contributed by atoms with van der Waals surface area (Å²) in [5, 5.41) is 9.92. The number of benzene rings is 1. The molecule has 0 radical (unpaired) electrons. The van der Waals surface area contributed by atoms with E-state index in [1.165, 1.54) is 11.1 Å². The Bertz CT molecular complexity index is 691. The fourth-order valence-electron chi connectivity index (χ4n) is 2.44. The second kappa shape index (κ2) is 9.53. The minimum Gasteiger partial charge on any atom is -0.352 e. The van der Waals surface area contributed by atoms with Crippen LogP contribution in [0.25, 0.3) is 0 Å². The molecule has 0 bridgehead atoms. The molecule has 0 atom stereocenters. The maximum absolute atomic E-state index is 4.64. The highest BCUT2D eigenvalue weighted by Crippen LogP contribution is 2.17. The van der Waals surface area contributed by atoms with E-state index in [1.54, 1.807) is 18.4 Å². The molecule has 0 spiro atoms. The Labute approximate surface area is 155 Å². The first kappa shape index (κ1) is 19.4. The molecule has 2 N–H and O–H groups in total. The Kier molecular flexibility index (Phi) is 7.40. The molecule has 5 nitrogen and oxygen atoms in total. The third kappa shape index (κ3) is 6.48. The lowest BCUT2D eigenvalue weighted by molar-refractivity contribution is 0.402. The van der Waals surface area contributed by atoms with E-state index in [0.29, 0.717) is 12.5 Å². The Morgan fingerprint density at radius 1 is 1.20 bits per heavy atom. The Balaban J connectivity index is 1.85. The molecule has 0 unspecified atom stereocenters. The van der Waals surface area contributed by atoms with Crippen LogP contribution in [0.2, 0.25) is 0 Å². The monoisotopic (exact) mass is 359 g/mol. The molecule has 0 aliphatic carbocycles. The molecular formula is C19H29N5S. The summed E-state index contributed by atoms with van der Waals surface area (Å²) in [5.74, 6) is 1.26. The molecule has 6 heteroatoms. The summed E-state index contributed by atoms with van der Waals surface area (Å²) >= 11 is 1.69. The number of rotatable bonds is 7. The van der Waals surface area contributed by atoms with Gasteiger partial charge in [0.2, 0.25) is 0 Å². The van der Waals surface area contributed by atoms with Gasteiger partial charge in [0.05, 0.1) is 12.2 Å². The lowest BCUT2D eigenvalue weighted by atomic mass is 10.1. The minimum atomic E-state index is 0.469. The van der Waals surface area contributed by atoms with Crippen LogP contribution in [0.3, 0.4) is 0 Å². The molecule has 1 heterocycles. The van der Waals surface area contributed by atoms with E-state index in [4.69, 9.17) is 0 Å². The van der Waals surface area contributed by atoms with Gasteiger partial charge in [0, 0.05) is 25.5 Å². The van der Waals surface area contributed by atoms with Crippen molar-refractivity contribution in [2.24, 2.45) is 4.99 Å². The van der Waals surface area contributed by atoms with Crippen LogP contribution >= 0.6 is 11.3 Å². The molecule has 1 aromatic heterocycles. The second-order valence-corrected chi connectivity index (χ2v) is 7.60. The second-order valence-electron chi connectivity index (χ2n) is 6.66. The Hall–Kier alpha value is -1.92. The van der Waals surface area contributed by atoms with Gasteiger partial charge in [-0.3, -0.25) is 4.99 Å². The van der Waals surface area contributed by atoms with Gasteiger partial charge in [0.15, 0.2) is 5.96 Å². The first-order valence-electron chi connectivity index (χ1n) is 8.59. The van der Waals surface area contributed by atoms with Gasteiger partial charge in [-0.1, -0.05) is 38.1 Å². The fraction of sp³-hybridized carbons (Fsp3) is 0.474. The van der Waals surface area contributed by atoms with E-state index >= 15 is 0 Å². The van der Waals surface area contributed by atoms with Crippen molar-refractivity contribution in [1.82, 2.24) is 20.5 Å². The zero-order valence-corrected chi connectivity index (χ0v) is 16.7. The molecule has 2 aromatic rings. The Morgan fingerprint density at radius 3 is 2.56 bits per heavy atom. The van der Waals surface area contributed by atoms with Crippen molar-refractivity contribution in [2.45, 2.75) is 39.4 Å². The van der Waals surface area contributed by atoms with Gasteiger partial charge in [-0.25, -0.2) is 4.98 Å². The molecule has 1 aromatic carbocycles. The van der Waals surface area contributed by atoms with Crippen molar-refractivity contribution in [2.75, 3.05) is 21.1 Å². The first-order valence-corrected chi connectivity index (χ1v) is 9.47. The molecule has 0 aliphatic heterocycles. The maximum atomic E-state index is 4.64. The SMILES string of the molecule is CN=C(NCc1cccc(CN(C)C)c1)NCc1nc(C(C)C)cs1. The standard InChI is InChI=1S/C19H29N5S/c1-14(2)17-13-25-18(23-17)11-22-19(20-3)21-10-15-7-6-8-16(9-15)12-24(4)5/h6-9,13-14H,10-12H2,1-5H3,(H2,20,21,22). The number of hydrogen-bond acceptors (Lipinski definition) is 4. The minimum absolute atomic E-state index is 0.469. The predicted molar refractivity (Wildman–Crippen MR) is 107 cm³/mol. The van der Waals surface area contributed by atoms with E-state index in [1.807, 2.05) is 0 Å². The van der Waals surface area contributed by atoms with Crippen LogP contribution in [0.4, 0.5) is 0 Å². The lowest BCUT2D eigenvalue weighted by Crippen LogP contribution is -2.36. The molecule has 0 saturated heterocycles. The summed E-state index contributed by atoms with van der Waals surface area (Å²) in [6, 6.07) is 8.63. The van der Waals surface area contributed by atoms with Crippen molar-refractivity contribution in [3.05, 3.63) is 51.5 Å². The van der Waals surface area contributed by atoms with Crippen molar-refractivity contribution < 1.29 is 0 Å². The number of aliphatic imine (C=N–C) groups is 1. The molecule has 0 saturated carbocycles. The number of guanidine groups is 1. The van der Waals surface area contributed by atoms with E-state index in [9.17, 15) is 0 Å². The number of hydrogen-bond donors (Lipinski definition) is 2. The maximum Gasteiger partial charge on any atom is 0.191 e. The van der Waals surface area contributed by atoms with Crippen molar-refractivity contribution >= 4 is 17.3 Å². The first-order chi connectivity index (χ1) is 12.0. The van der Waals surface area contributed by atoms with Crippen molar-refractivity contribution in [3.8, 4) is 0 Å². The normalized spacial score (nSPS) is 12.0. The zero-order chi connectivity index (χ0) is 18.2. The van der Waals surface area contributed by atoms with E-state index < -0.39 is 0 Å². The van der Waals surface area contributed by atoms with Crippen molar-refractivity contribution in [1.29, 1.82) is 0 Å². The molecule has 0 aliphatic rings. The largest absolute Gasteiger partial charge is 0.352 e. The molecule has 136 valence electrons. The van der Waals surface area contributed by atoms with Gasteiger partial charge in [-0.05, 0) is 31.1 Å². The van der Waals surface area contributed by atoms with Gasteiger partial charge in [0.25, 0.3) is 0 Å². The number of nitrogens with one attached hydrogen (secondary N) is 2. The quantitative estimate of drug-likeness (QED) is 0.589. The lowest BCUT2D eigenvalue weighted by Gasteiger charge is -2.13. The average Bonchev–Trinajstić information content (AvgIpc) is 3.04. The van der Waals surface area contributed by atoms with Crippen LogP contribution in [-0.4, -0.2) is 37.0 Å². The van der Waals surface area contributed by atoms with Crippen LogP contribution < -0.4 is 10.6 Å². The van der Waals surface area contributed by atoms with Crippen LogP contribution in [0.1, 0.15) is 41.6 Å². The molecular weight excluding hydrogens is 330 g/mol. The summed E-state index contributed by atoms with van der Waals surface area (Å²) in [4.78, 5) is 11.1. The van der Waals surface area contributed by atoms with E-state index in [2.05, 4.69) is 83.1 Å². The summed E-state index contributed by atoms with van der Waals surface area (Å²) in [7, 11) is 5.96. The molecule has 0 amide bonds. The molecule has 25 heavy (non-hydrogen) atoms. The molecule has 0 fully saturated rings. The highest BCUT2D eigenvalue weighted by molar-refractivity contribution is 7.09.